The number of carbonyl (C=O) groups is 1. The van der Waals surface area contributed by atoms with Crippen molar-refractivity contribution in [3.63, 3.8) is 0 Å². The van der Waals surface area contributed by atoms with Crippen LogP contribution in [0.3, 0.4) is 0 Å². The molecule has 2 aromatic carbocycles. The first-order valence-electron chi connectivity index (χ1n) is 11.3. The minimum Gasteiger partial charge on any atom is -0.356 e. The third-order valence-corrected chi connectivity index (χ3v) is 8.02. The normalized spacial score (nSPS) is 15.1. The van der Waals surface area contributed by atoms with Gasteiger partial charge in [0.1, 0.15) is 11.6 Å². The van der Waals surface area contributed by atoms with Gasteiger partial charge in [-0.1, -0.05) is 18.6 Å². The monoisotopic (exact) mass is 472 g/mol. The fourth-order valence-electron chi connectivity index (χ4n) is 4.18. The first kappa shape index (κ1) is 23.4. The second-order valence-electron chi connectivity index (χ2n) is 8.43. The predicted octanol–water partition coefficient (Wildman–Crippen LogP) is 3.18. The van der Waals surface area contributed by atoms with E-state index in [1.54, 1.807) is 34.6 Å². The molecular formula is C24H29FN4O3S. The summed E-state index contributed by atoms with van der Waals surface area (Å²) in [5.41, 5.74) is 2.41. The SMILES string of the molecule is Cn1c(CCC(=O)NCCc2ccc(F)cc2)nc2cc(S(=O)(=O)N3CCCCC3)ccc21. The van der Waals surface area contributed by atoms with Gasteiger partial charge < -0.3 is 9.88 Å². The third-order valence-electron chi connectivity index (χ3n) is 6.12. The van der Waals surface area contributed by atoms with Crippen molar-refractivity contribution in [2.45, 2.75) is 43.4 Å². The maximum absolute atomic E-state index is 13.0. The number of sulfonamides is 1. The molecule has 0 aliphatic carbocycles. The molecule has 0 atom stereocenters. The highest BCUT2D eigenvalue weighted by atomic mass is 32.2. The number of amides is 1. The number of imidazole rings is 1. The number of hydrogen-bond acceptors (Lipinski definition) is 4. The molecule has 7 nitrogen and oxygen atoms in total. The molecule has 1 saturated heterocycles. The van der Waals surface area contributed by atoms with Crippen LogP contribution in [0.25, 0.3) is 11.0 Å². The number of halogens is 1. The van der Waals surface area contributed by atoms with Crippen molar-refractivity contribution in [3.8, 4) is 0 Å². The third kappa shape index (κ3) is 5.42. The zero-order valence-electron chi connectivity index (χ0n) is 18.8. The zero-order chi connectivity index (χ0) is 23.4. The van der Waals surface area contributed by atoms with Crippen LogP contribution in [0.4, 0.5) is 4.39 Å². The van der Waals surface area contributed by atoms with Crippen molar-refractivity contribution in [2.24, 2.45) is 7.05 Å². The van der Waals surface area contributed by atoms with Crippen molar-refractivity contribution >= 4 is 27.0 Å². The molecule has 1 aliphatic rings. The molecule has 33 heavy (non-hydrogen) atoms. The minimum atomic E-state index is -3.52. The molecule has 1 N–H and O–H groups in total. The lowest BCUT2D eigenvalue weighted by Crippen LogP contribution is -2.35. The number of benzene rings is 2. The van der Waals surface area contributed by atoms with E-state index in [0.717, 1.165) is 36.2 Å². The van der Waals surface area contributed by atoms with Crippen LogP contribution in [0.5, 0.6) is 0 Å². The van der Waals surface area contributed by atoms with Crippen molar-refractivity contribution < 1.29 is 17.6 Å². The predicted molar refractivity (Wildman–Crippen MR) is 125 cm³/mol. The maximum Gasteiger partial charge on any atom is 0.243 e. The molecule has 1 amide bonds. The second kappa shape index (κ2) is 10.0. The summed E-state index contributed by atoms with van der Waals surface area (Å²) < 4.78 is 42.4. The van der Waals surface area contributed by atoms with Crippen LogP contribution in [-0.4, -0.2) is 47.8 Å². The van der Waals surface area contributed by atoms with Crippen molar-refractivity contribution in [1.29, 1.82) is 0 Å². The van der Waals surface area contributed by atoms with Crippen LogP contribution in [0.1, 0.15) is 37.1 Å². The summed E-state index contributed by atoms with van der Waals surface area (Å²) in [7, 11) is -1.65. The number of aryl methyl sites for hydroxylation is 2. The summed E-state index contributed by atoms with van der Waals surface area (Å²) in [6.07, 6.45) is 4.20. The van der Waals surface area contributed by atoms with E-state index in [1.165, 1.54) is 12.1 Å². The lowest BCUT2D eigenvalue weighted by molar-refractivity contribution is -0.121. The molecule has 9 heteroatoms. The number of rotatable bonds is 8. The molecule has 4 rings (SSSR count). The van der Waals surface area contributed by atoms with Gasteiger partial charge in [-0.15, -0.1) is 0 Å². The number of fused-ring (bicyclic) bond motifs is 1. The Labute approximate surface area is 193 Å². The van der Waals surface area contributed by atoms with Crippen LogP contribution in [-0.2, 0) is 34.7 Å². The standard InChI is InChI=1S/C24H29FN4O3S/c1-28-22-10-9-20(33(31,32)29-15-3-2-4-16-29)17-21(22)27-23(28)11-12-24(30)26-14-13-18-5-7-19(25)8-6-18/h5-10,17H,2-4,11-16H2,1H3,(H,26,30). The topological polar surface area (TPSA) is 84.3 Å². The van der Waals surface area contributed by atoms with Gasteiger partial charge in [0.15, 0.2) is 0 Å². The van der Waals surface area contributed by atoms with Crippen molar-refractivity contribution in [2.75, 3.05) is 19.6 Å². The van der Waals surface area contributed by atoms with Gasteiger partial charge in [-0.2, -0.15) is 4.31 Å². The van der Waals surface area contributed by atoms with Gasteiger partial charge in [0.25, 0.3) is 0 Å². The molecule has 1 aromatic heterocycles. The van der Waals surface area contributed by atoms with Gasteiger partial charge >= 0.3 is 0 Å². The van der Waals surface area contributed by atoms with E-state index in [9.17, 15) is 17.6 Å². The number of hydrogen-bond donors (Lipinski definition) is 1. The fraction of sp³-hybridized carbons (Fsp3) is 0.417. The first-order chi connectivity index (χ1) is 15.8. The van der Waals surface area contributed by atoms with Crippen LogP contribution >= 0.6 is 0 Å². The van der Waals surface area contributed by atoms with Gasteiger partial charge in [-0.3, -0.25) is 4.79 Å². The molecule has 0 spiro atoms. The Hall–Kier alpha value is -2.78. The Morgan fingerprint density at radius 1 is 1.06 bits per heavy atom. The summed E-state index contributed by atoms with van der Waals surface area (Å²) in [4.78, 5) is 17.1. The molecule has 0 radical (unpaired) electrons. The summed E-state index contributed by atoms with van der Waals surface area (Å²) in [6, 6.07) is 11.3. The van der Waals surface area contributed by atoms with E-state index in [2.05, 4.69) is 10.3 Å². The summed E-state index contributed by atoms with van der Waals surface area (Å²) >= 11 is 0. The van der Waals surface area contributed by atoms with Crippen LogP contribution in [0.2, 0.25) is 0 Å². The molecule has 0 bridgehead atoms. The van der Waals surface area contributed by atoms with E-state index in [-0.39, 0.29) is 23.0 Å². The highest BCUT2D eigenvalue weighted by Gasteiger charge is 2.26. The highest BCUT2D eigenvalue weighted by molar-refractivity contribution is 7.89. The fourth-order valence-corrected chi connectivity index (χ4v) is 5.72. The molecule has 0 unspecified atom stereocenters. The highest BCUT2D eigenvalue weighted by Crippen LogP contribution is 2.24. The Kier molecular flexibility index (Phi) is 7.09. The quantitative estimate of drug-likeness (QED) is 0.546. The van der Waals surface area contributed by atoms with Crippen molar-refractivity contribution in [3.05, 3.63) is 59.7 Å². The molecular weight excluding hydrogens is 443 g/mol. The summed E-state index contributed by atoms with van der Waals surface area (Å²) in [6.45, 7) is 1.60. The van der Waals surface area contributed by atoms with Crippen LogP contribution in [0, 0.1) is 5.82 Å². The average molecular weight is 473 g/mol. The molecule has 3 aromatic rings. The Bertz CT molecular complexity index is 1230. The smallest absolute Gasteiger partial charge is 0.243 e. The van der Waals surface area contributed by atoms with Crippen molar-refractivity contribution in [1.82, 2.24) is 19.2 Å². The molecule has 1 aliphatic heterocycles. The summed E-state index contributed by atoms with van der Waals surface area (Å²) in [5, 5.41) is 2.88. The lowest BCUT2D eigenvalue weighted by Gasteiger charge is -2.25. The van der Waals surface area contributed by atoms with E-state index < -0.39 is 10.0 Å². The van der Waals surface area contributed by atoms with Crippen LogP contribution < -0.4 is 5.32 Å². The number of carbonyl (C=O) groups excluding carboxylic acids is 1. The maximum atomic E-state index is 13.0. The van der Waals surface area contributed by atoms with Gasteiger partial charge in [0.2, 0.25) is 15.9 Å². The van der Waals surface area contributed by atoms with Gasteiger partial charge in [0, 0.05) is 39.5 Å². The Morgan fingerprint density at radius 3 is 2.52 bits per heavy atom. The first-order valence-corrected chi connectivity index (χ1v) is 12.8. The molecule has 0 saturated carbocycles. The van der Waals surface area contributed by atoms with E-state index in [0.29, 0.717) is 38.0 Å². The second-order valence-corrected chi connectivity index (χ2v) is 10.4. The number of nitrogens with one attached hydrogen (secondary N) is 1. The summed E-state index contributed by atoms with van der Waals surface area (Å²) in [5.74, 6) is 0.366. The molecule has 176 valence electrons. The van der Waals surface area contributed by atoms with Crippen LogP contribution in [0.15, 0.2) is 47.4 Å². The van der Waals surface area contributed by atoms with Gasteiger partial charge in [-0.25, -0.2) is 17.8 Å². The minimum absolute atomic E-state index is 0.0856. The van der Waals surface area contributed by atoms with E-state index in [1.807, 2.05) is 11.6 Å². The van der Waals surface area contributed by atoms with Gasteiger partial charge in [-0.05, 0) is 55.2 Å². The average Bonchev–Trinajstić information content (AvgIpc) is 3.14. The zero-order valence-corrected chi connectivity index (χ0v) is 19.6. The number of piperidine rings is 1. The largest absolute Gasteiger partial charge is 0.356 e. The molecule has 1 fully saturated rings. The lowest BCUT2D eigenvalue weighted by atomic mass is 10.1. The Morgan fingerprint density at radius 2 is 1.79 bits per heavy atom. The van der Waals surface area contributed by atoms with E-state index in [4.69, 9.17) is 0 Å². The number of nitrogens with zero attached hydrogens (tertiary/aromatic N) is 3. The van der Waals surface area contributed by atoms with Gasteiger partial charge in [0.05, 0.1) is 15.9 Å². The van der Waals surface area contributed by atoms with E-state index >= 15 is 0 Å². The number of aromatic nitrogens is 2. The Balaban J connectivity index is 1.37. The molecule has 2 heterocycles.